The Hall–Kier alpha value is -1.65. The van der Waals surface area contributed by atoms with E-state index in [-0.39, 0.29) is 11.3 Å². The molecule has 0 unspecified atom stereocenters. The highest BCUT2D eigenvalue weighted by Crippen LogP contribution is 2.03. The van der Waals surface area contributed by atoms with E-state index in [0.717, 1.165) is 19.3 Å². The molecule has 0 saturated carbocycles. The molecule has 0 aromatic carbocycles. The van der Waals surface area contributed by atoms with Crippen LogP contribution in [0.4, 0.5) is 0 Å². The summed E-state index contributed by atoms with van der Waals surface area (Å²) in [6.07, 6.45) is 5.41. The van der Waals surface area contributed by atoms with Crippen molar-refractivity contribution < 1.29 is 9.90 Å². The number of carbonyl (C=O) groups is 1. The average molecular weight is 238 g/mol. The number of aryl methyl sites for hydroxylation is 1. The van der Waals surface area contributed by atoms with Crippen molar-refractivity contribution in [3.8, 4) is 0 Å². The van der Waals surface area contributed by atoms with Crippen molar-refractivity contribution in [2.45, 2.75) is 45.6 Å². The topological polar surface area (TPSA) is 72.2 Å². The average Bonchev–Trinajstić information content (AvgIpc) is 2.30. The van der Waals surface area contributed by atoms with Gasteiger partial charge in [-0.3, -0.25) is 4.79 Å². The molecular weight excluding hydrogens is 220 g/mol. The quantitative estimate of drug-likeness (QED) is 0.736. The molecule has 1 N–H and O–H groups in total. The van der Waals surface area contributed by atoms with Crippen molar-refractivity contribution in [2.24, 2.45) is 0 Å². The number of unbranched alkanes of at least 4 members (excludes halogenated alkanes) is 4. The summed E-state index contributed by atoms with van der Waals surface area (Å²) in [5, 5.41) is 12.6. The summed E-state index contributed by atoms with van der Waals surface area (Å²) >= 11 is 0. The number of hydrogen-bond acceptors (Lipinski definition) is 3. The van der Waals surface area contributed by atoms with Crippen LogP contribution < -0.4 is 5.56 Å². The van der Waals surface area contributed by atoms with E-state index in [9.17, 15) is 9.59 Å². The molecule has 1 rings (SSSR count). The van der Waals surface area contributed by atoms with Crippen molar-refractivity contribution >= 4 is 5.97 Å². The van der Waals surface area contributed by atoms with E-state index in [1.807, 2.05) is 0 Å². The zero-order valence-corrected chi connectivity index (χ0v) is 10.1. The van der Waals surface area contributed by atoms with Crippen molar-refractivity contribution in [3.63, 3.8) is 0 Å². The van der Waals surface area contributed by atoms with Gasteiger partial charge in [-0.15, -0.1) is 0 Å². The predicted octanol–water partition coefficient (Wildman–Crippen LogP) is 1.91. The van der Waals surface area contributed by atoms with Gasteiger partial charge in [0.25, 0.3) is 5.56 Å². The van der Waals surface area contributed by atoms with Gasteiger partial charge in [-0.25, -0.2) is 9.48 Å². The van der Waals surface area contributed by atoms with Crippen LogP contribution in [0.5, 0.6) is 0 Å². The van der Waals surface area contributed by atoms with Crippen LogP contribution in [0.3, 0.4) is 0 Å². The fourth-order valence-electron chi connectivity index (χ4n) is 1.59. The van der Waals surface area contributed by atoms with E-state index in [1.165, 1.54) is 29.7 Å². The second kappa shape index (κ2) is 6.83. The minimum absolute atomic E-state index is 0.0850. The molecule has 17 heavy (non-hydrogen) atoms. The van der Waals surface area contributed by atoms with Crippen LogP contribution >= 0.6 is 0 Å². The smallest absolute Gasteiger partial charge is 0.356 e. The molecule has 5 heteroatoms. The van der Waals surface area contributed by atoms with E-state index in [4.69, 9.17) is 5.11 Å². The third kappa shape index (κ3) is 4.38. The summed E-state index contributed by atoms with van der Waals surface area (Å²) in [5.74, 6) is -1.11. The zero-order chi connectivity index (χ0) is 12.7. The van der Waals surface area contributed by atoms with Crippen molar-refractivity contribution in [3.05, 3.63) is 28.2 Å². The molecule has 0 atom stereocenters. The van der Waals surface area contributed by atoms with Crippen molar-refractivity contribution in [2.75, 3.05) is 0 Å². The van der Waals surface area contributed by atoms with E-state index in [2.05, 4.69) is 12.0 Å². The molecular formula is C12H18N2O3. The lowest BCUT2D eigenvalue weighted by Crippen LogP contribution is -2.24. The van der Waals surface area contributed by atoms with Gasteiger partial charge in [0.05, 0.1) is 0 Å². The first-order valence-electron chi connectivity index (χ1n) is 5.96. The maximum absolute atomic E-state index is 11.4. The Morgan fingerprint density at radius 1 is 1.29 bits per heavy atom. The van der Waals surface area contributed by atoms with Gasteiger partial charge in [-0.2, -0.15) is 5.10 Å². The SMILES string of the molecule is CCCCCCCn1nc(C(=O)O)ccc1=O. The maximum Gasteiger partial charge on any atom is 0.356 e. The number of carboxylic acids is 1. The number of nitrogens with zero attached hydrogens (tertiary/aromatic N) is 2. The van der Waals surface area contributed by atoms with Gasteiger partial charge in [0.15, 0.2) is 5.69 Å². The molecule has 0 radical (unpaired) electrons. The third-order valence-electron chi connectivity index (χ3n) is 2.56. The van der Waals surface area contributed by atoms with Gasteiger partial charge in [-0.05, 0) is 12.5 Å². The van der Waals surface area contributed by atoms with Gasteiger partial charge in [0, 0.05) is 12.6 Å². The summed E-state index contributed by atoms with van der Waals surface area (Å²) in [5.41, 5.74) is -0.330. The molecule has 0 amide bonds. The van der Waals surface area contributed by atoms with Crippen LogP contribution in [0.25, 0.3) is 0 Å². The Labute approximate surface area is 100 Å². The first kappa shape index (κ1) is 13.4. The highest BCUT2D eigenvalue weighted by atomic mass is 16.4. The van der Waals surface area contributed by atoms with E-state index >= 15 is 0 Å². The third-order valence-corrected chi connectivity index (χ3v) is 2.56. The van der Waals surface area contributed by atoms with Gasteiger partial charge in [0.2, 0.25) is 0 Å². The van der Waals surface area contributed by atoms with E-state index in [0.29, 0.717) is 6.54 Å². The van der Waals surface area contributed by atoms with Crippen LogP contribution in [0.1, 0.15) is 49.5 Å². The Morgan fingerprint density at radius 2 is 2.00 bits per heavy atom. The maximum atomic E-state index is 11.4. The monoisotopic (exact) mass is 238 g/mol. The summed E-state index contributed by atoms with van der Waals surface area (Å²) in [4.78, 5) is 22.1. The van der Waals surface area contributed by atoms with Crippen molar-refractivity contribution in [1.29, 1.82) is 0 Å². The molecule has 1 aromatic rings. The largest absolute Gasteiger partial charge is 0.476 e. The van der Waals surface area contributed by atoms with Gasteiger partial charge in [-0.1, -0.05) is 32.6 Å². The normalized spacial score (nSPS) is 10.4. The molecule has 1 aromatic heterocycles. The summed E-state index contributed by atoms with van der Waals surface area (Å²) in [7, 11) is 0. The van der Waals surface area contributed by atoms with Crippen molar-refractivity contribution in [1.82, 2.24) is 9.78 Å². The minimum atomic E-state index is -1.11. The second-order valence-electron chi connectivity index (χ2n) is 4.00. The second-order valence-corrected chi connectivity index (χ2v) is 4.00. The Kier molecular flexibility index (Phi) is 5.39. The molecule has 0 aliphatic carbocycles. The molecule has 0 aliphatic heterocycles. The molecule has 0 aliphatic rings. The molecule has 1 heterocycles. The Morgan fingerprint density at radius 3 is 2.65 bits per heavy atom. The van der Waals surface area contributed by atoms with Crippen LogP contribution in [0.2, 0.25) is 0 Å². The summed E-state index contributed by atoms with van der Waals surface area (Å²) < 4.78 is 1.23. The van der Waals surface area contributed by atoms with Gasteiger partial charge >= 0.3 is 5.97 Å². The van der Waals surface area contributed by atoms with Crippen LogP contribution in [-0.2, 0) is 6.54 Å². The zero-order valence-electron chi connectivity index (χ0n) is 10.1. The van der Waals surface area contributed by atoms with Gasteiger partial charge < -0.3 is 5.11 Å². The molecule has 0 bridgehead atoms. The van der Waals surface area contributed by atoms with Crippen LogP contribution in [0, 0.1) is 0 Å². The van der Waals surface area contributed by atoms with Gasteiger partial charge in [0.1, 0.15) is 0 Å². The fraction of sp³-hybridized carbons (Fsp3) is 0.583. The number of hydrogen-bond donors (Lipinski definition) is 1. The van der Waals surface area contributed by atoms with E-state index in [1.54, 1.807) is 0 Å². The first-order valence-corrected chi connectivity index (χ1v) is 5.96. The predicted molar refractivity (Wildman–Crippen MR) is 64.2 cm³/mol. The summed E-state index contributed by atoms with van der Waals surface area (Å²) in [6.45, 7) is 2.63. The lowest BCUT2D eigenvalue weighted by molar-refractivity contribution is 0.0687. The van der Waals surface area contributed by atoms with Crippen LogP contribution in [-0.4, -0.2) is 20.9 Å². The molecule has 5 nitrogen and oxygen atoms in total. The number of carboxylic acid groups (broad SMARTS) is 1. The molecule has 0 saturated heterocycles. The summed E-state index contributed by atoms with van der Waals surface area (Å²) in [6, 6.07) is 2.49. The molecule has 94 valence electrons. The molecule has 0 spiro atoms. The first-order chi connectivity index (χ1) is 8.15. The minimum Gasteiger partial charge on any atom is -0.476 e. The van der Waals surface area contributed by atoms with E-state index < -0.39 is 5.97 Å². The number of aromatic nitrogens is 2. The van der Waals surface area contributed by atoms with Crippen LogP contribution in [0.15, 0.2) is 16.9 Å². The molecule has 0 fully saturated rings. The Balaban J connectivity index is 2.55. The highest BCUT2D eigenvalue weighted by Gasteiger charge is 2.06. The number of aromatic carboxylic acids is 1. The Bertz CT molecular complexity index is 426. The number of rotatable bonds is 7. The standard InChI is InChI=1S/C12H18N2O3/c1-2-3-4-5-6-9-14-11(15)8-7-10(13-14)12(16)17/h7-8H,2-6,9H2,1H3,(H,16,17). The fourth-order valence-corrected chi connectivity index (χ4v) is 1.59. The highest BCUT2D eigenvalue weighted by molar-refractivity contribution is 5.84. The lowest BCUT2D eigenvalue weighted by Gasteiger charge is -2.04. The lowest BCUT2D eigenvalue weighted by atomic mass is 10.1.